The molecule has 0 unspecified atom stereocenters. The van der Waals surface area contributed by atoms with Gasteiger partial charge in [0.15, 0.2) is 0 Å². The summed E-state index contributed by atoms with van der Waals surface area (Å²) in [6, 6.07) is 6.23. The Morgan fingerprint density at radius 2 is 2.03 bits per heavy atom. The number of halogens is 4. The van der Waals surface area contributed by atoms with Crippen LogP contribution in [0.2, 0.25) is 0 Å². The first-order valence-corrected chi connectivity index (χ1v) is 9.49. The Kier molecular flexibility index (Phi) is 4.57. The fourth-order valence-corrected chi connectivity index (χ4v) is 3.65. The Bertz CT molecular complexity index is 1320. The lowest BCUT2D eigenvalue weighted by Gasteiger charge is -2.19. The smallest absolute Gasteiger partial charge is 0.266 e. The molecule has 0 radical (unpaired) electrons. The van der Waals surface area contributed by atoms with Gasteiger partial charge >= 0.3 is 0 Å². The van der Waals surface area contributed by atoms with Crippen molar-refractivity contribution in [1.29, 1.82) is 0 Å². The molecule has 1 fully saturated rings. The predicted molar refractivity (Wildman–Crippen MR) is 105 cm³/mol. The number of H-pyrrole nitrogens is 1. The maximum absolute atomic E-state index is 14.5. The SMILES string of the molecule is O=C(Nc1ccc(N2CCC(F)(F)C2)c(F)c1)c1coc2cc(-c3nn[nH]n3)c(F)cc12. The number of tetrazole rings is 1. The highest BCUT2D eigenvalue weighted by Crippen LogP contribution is 2.33. The van der Waals surface area contributed by atoms with E-state index in [1.165, 1.54) is 23.1 Å². The zero-order valence-corrected chi connectivity index (χ0v) is 16.2. The summed E-state index contributed by atoms with van der Waals surface area (Å²) >= 11 is 0. The molecule has 0 atom stereocenters. The summed E-state index contributed by atoms with van der Waals surface area (Å²) in [5.74, 6) is -4.92. The molecule has 32 heavy (non-hydrogen) atoms. The minimum atomic E-state index is -2.86. The zero-order valence-electron chi connectivity index (χ0n) is 16.2. The van der Waals surface area contributed by atoms with E-state index < -0.39 is 30.0 Å². The number of nitrogens with one attached hydrogen (secondary N) is 2. The van der Waals surface area contributed by atoms with Crippen LogP contribution in [0.3, 0.4) is 0 Å². The summed E-state index contributed by atoms with van der Waals surface area (Å²) in [5, 5.41) is 15.7. The molecule has 164 valence electrons. The first-order chi connectivity index (χ1) is 15.3. The maximum atomic E-state index is 14.5. The first-order valence-electron chi connectivity index (χ1n) is 9.49. The summed E-state index contributed by atoms with van der Waals surface area (Å²) in [6.45, 7) is -0.526. The average Bonchev–Trinajstić information content (AvgIpc) is 3.47. The molecule has 8 nitrogen and oxygen atoms in total. The Balaban J connectivity index is 1.38. The predicted octanol–water partition coefficient (Wildman–Crippen LogP) is 3.99. The van der Waals surface area contributed by atoms with Crippen LogP contribution in [0.5, 0.6) is 0 Å². The fourth-order valence-electron chi connectivity index (χ4n) is 3.65. The van der Waals surface area contributed by atoms with Gasteiger partial charge in [-0.1, -0.05) is 0 Å². The molecule has 4 aromatic rings. The van der Waals surface area contributed by atoms with Crippen LogP contribution in [0.1, 0.15) is 16.8 Å². The molecule has 3 heterocycles. The molecule has 1 aliphatic rings. The summed E-state index contributed by atoms with van der Waals surface area (Å²) in [5.41, 5.74) is 0.429. The van der Waals surface area contributed by atoms with Crippen LogP contribution in [-0.2, 0) is 0 Å². The number of furan rings is 1. The van der Waals surface area contributed by atoms with Crippen molar-refractivity contribution < 1.29 is 26.8 Å². The number of fused-ring (bicyclic) bond motifs is 1. The molecular formula is C20H14F4N6O2. The number of anilines is 2. The summed E-state index contributed by atoms with van der Waals surface area (Å²) < 4.78 is 61.2. The zero-order chi connectivity index (χ0) is 22.5. The fraction of sp³-hybridized carbons (Fsp3) is 0.200. The lowest BCUT2D eigenvalue weighted by atomic mass is 10.1. The van der Waals surface area contributed by atoms with Crippen molar-refractivity contribution in [2.75, 3.05) is 23.3 Å². The van der Waals surface area contributed by atoms with Gasteiger partial charge in [0.25, 0.3) is 11.8 Å². The van der Waals surface area contributed by atoms with Gasteiger partial charge in [-0.25, -0.2) is 17.6 Å². The number of carbonyl (C=O) groups is 1. The summed E-state index contributed by atoms with van der Waals surface area (Å²) in [6.07, 6.45) is 0.806. The molecule has 1 aliphatic heterocycles. The molecule has 0 bridgehead atoms. The molecule has 0 aliphatic carbocycles. The number of hydrogen-bond acceptors (Lipinski definition) is 6. The third-order valence-electron chi connectivity index (χ3n) is 5.21. The van der Waals surface area contributed by atoms with E-state index in [4.69, 9.17) is 4.42 Å². The monoisotopic (exact) mass is 446 g/mol. The number of nitrogens with zero attached hydrogens (tertiary/aromatic N) is 4. The number of amides is 1. The third kappa shape index (κ3) is 3.53. The number of rotatable bonds is 4. The number of aromatic nitrogens is 4. The van der Waals surface area contributed by atoms with Gasteiger partial charge in [-0.2, -0.15) is 5.21 Å². The van der Waals surface area contributed by atoms with Gasteiger partial charge in [0.1, 0.15) is 23.5 Å². The van der Waals surface area contributed by atoms with Gasteiger partial charge in [0.2, 0.25) is 5.82 Å². The van der Waals surface area contributed by atoms with Gasteiger partial charge in [0, 0.05) is 24.0 Å². The van der Waals surface area contributed by atoms with Crippen LogP contribution < -0.4 is 10.2 Å². The van der Waals surface area contributed by atoms with Crippen LogP contribution in [-0.4, -0.2) is 45.5 Å². The highest BCUT2D eigenvalue weighted by Gasteiger charge is 2.39. The number of carbonyl (C=O) groups excluding carboxylic acids is 1. The number of benzene rings is 2. The van der Waals surface area contributed by atoms with Gasteiger partial charge in [-0.15, -0.1) is 10.2 Å². The van der Waals surface area contributed by atoms with E-state index in [1.807, 2.05) is 0 Å². The largest absolute Gasteiger partial charge is 0.463 e. The minimum absolute atomic E-state index is 0.0260. The molecule has 1 amide bonds. The van der Waals surface area contributed by atoms with Crippen molar-refractivity contribution in [3.8, 4) is 11.4 Å². The van der Waals surface area contributed by atoms with E-state index in [9.17, 15) is 22.4 Å². The molecule has 1 saturated heterocycles. The van der Waals surface area contributed by atoms with Gasteiger partial charge < -0.3 is 14.6 Å². The molecule has 12 heteroatoms. The van der Waals surface area contributed by atoms with Crippen molar-refractivity contribution in [3.05, 3.63) is 53.8 Å². The highest BCUT2D eigenvalue weighted by molar-refractivity contribution is 6.12. The molecule has 0 saturated carbocycles. The second-order valence-corrected chi connectivity index (χ2v) is 7.36. The van der Waals surface area contributed by atoms with Crippen LogP contribution in [0.15, 0.2) is 41.0 Å². The standard InChI is InChI=1S/C20H14F4N6O2/c21-14-6-11-13(8-32-17(11)7-12(14)18-26-28-29-27-18)19(31)25-10-1-2-16(15(22)5-10)30-4-3-20(23,24)9-30/h1-2,5-8H,3-4,9H2,(H,25,31)(H,26,27,28,29). The van der Waals surface area contributed by atoms with Crippen molar-refractivity contribution in [1.82, 2.24) is 20.6 Å². The van der Waals surface area contributed by atoms with Crippen molar-refractivity contribution in [2.45, 2.75) is 12.3 Å². The highest BCUT2D eigenvalue weighted by atomic mass is 19.3. The van der Waals surface area contributed by atoms with Crippen LogP contribution in [0, 0.1) is 11.6 Å². The Morgan fingerprint density at radius 3 is 2.72 bits per heavy atom. The van der Waals surface area contributed by atoms with E-state index in [-0.39, 0.29) is 52.3 Å². The maximum Gasteiger partial charge on any atom is 0.266 e. The van der Waals surface area contributed by atoms with Gasteiger partial charge in [0.05, 0.1) is 23.4 Å². The topological polar surface area (TPSA) is 99.9 Å². The van der Waals surface area contributed by atoms with E-state index in [1.54, 1.807) is 0 Å². The first kappa shape index (κ1) is 20.0. The summed E-state index contributed by atoms with van der Waals surface area (Å²) in [7, 11) is 0. The molecule has 2 aromatic carbocycles. The van der Waals surface area contributed by atoms with Crippen LogP contribution >= 0.6 is 0 Å². The molecule has 5 rings (SSSR count). The van der Waals surface area contributed by atoms with E-state index in [0.717, 1.165) is 18.4 Å². The average molecular weight is 446 g/mol. The Hall–Kier alpha value is -3.96. The molecule has 0 spiro atoms. The van der Waals surface area contributed by atoms with Gasteiger partial charge in [-0.05, 0) is 35.5 Å². The van der Waals surface area contributed by atoms with Crippen molar-refractivity contribution in [3.63, 3.8) is 0 Å². The summed E-state index contributed by atoms with van der Waals surface area (Å²) in [4.78, 5) is 13.9. The van der Waals surface area contributed by atoms with E-state index in [0.29, 0.717) is 0 Å². The molecule has 2 aromatic heterocycles. The van der Waals surface area contributed by atoms with Crippen LogP contribution in [0.25, 0.3) is 22.4 Å². The second-order valence-electron chi connectivity index (χ2n) is 7.36. The molecular weight excluding hydrogens is 432 g/mol. The van der Waals surface area contributed by atoms with Crippen molar-refractivity contribution >= 4 is 28.3 Å². The number of hydrogen-bond donors (Lipinski definition) is 2. The lowest BCUT2D eigenvalue weighted by molar-refractivity contribution is 0.0257. The minimum Gasteiger partial charge on any atom is -0.463 e. The third-order valence-corrected chi connectivity index (χ3v) is 5.21. The van der Waals surface area contributed by atoms with E-state index in [2.05, 4.69) is 25.9 Å². The molecule has 2 N–H and O–H groups in total. The van der Waals surface area contributed by atoms with Gasteiger partial charge in [-0.3, -0.25) is 4.79 Å². The van der Waals surface area contributed by atoms with E-state index >= 15 is 0 Å². The Morgan fingerprint density at radius 1 is 1.19 bits per heavy atom. The second kappa shape index (κ2) is 7.32. The quantitative estimate of drug-likeness (QED) is 0.460. The van der Waals surface area contributed by atoms with Crippen molar-refractivity contribution in [2.24, 2.45) is 0 Å². The Labute approximate surface area is 177 Å². The number of alkyl halides is 2. The van der Waals surface area contributed by atoms with Crippen LogP contribution in [0.4, 0.5) is 28.9 Å². The normalized spacial score (nSPS) is 15.4. The number of aromatic amines is 1. The lowest BCUT2D eigenvalue weighted by Crippen LogP contribution is -2.25.